The van der Waals surface area contributed by atoms with Crippen LogP contribution in [0.1, 0.15) is 43.3 Å². The number of aromatic nitrogens is 1. The van der Waals surface area contributed by atoms with E-state index in [1.165, 1.54) is 49.5 Å². The van der Waals surface area contributed by atoms with E-state index in [4.69, 9.17) is 4.98 Å². The molecular formula is C16H28N4S. The fourth-order valence-electron chi connectivity index (χ4n) is 3.63. The van der Waals surface area contributed by atoms with Crippen LogP contribution in [-0.2, 0) is 13.1 Å². The molecule has 2 atom stereocenters. The van der Waals surface area contributed by atoms with Crippen molar-refractivity contribution in [3.8, 4) is 0 Å². The van der Waals surface area contributed by atoms with Crippen molar-refractivity contribution in [2.24, 2.45) is 0 Å². The summed E-state index contributed by atoms with van der Waals surface area (Å²) in [7, 11) is 2.31. The summed E-state index contributed by atoms with van der Waals surface area (Å²) in [5.74, 6) is 0. The maximum atomic E-state index is 4.79. The van der Waals surface area contributed by atoms with Gasteiger partial charge in [0, 0.05) is 43.6 Å². The fourth-order valence-corrected chi connectivity index (χ4v) is 4.38. The van der Waals surface area contributed by atoms with Gasteiger partial charge in [-0.25, -0.2) is 4.98 Å². The maximum absolute atomic E-state index is 4.79. The highest BCUT2D eigenvalue weighted by Crippen LogP contribution is 2.29. The first-order chi connectivity index (χ1) is 10.3. The smallest absolute Gasteiger partial charge is 0.107 e. The van der Waals surface area contributed by atoms with Crippen LogP contribution in [0.3, 0.4) is 0 Å². The van der Waals surface area contributed by atoms with Gasteiger partial charge in [-0.2, -0.15) is 0 Å². The summed E-state index contributed by atoms with van der Waals surface area (Å²) in [4.78, 5) is 10.0. The van der Waals surface area contributed by atoms with Gasteiger partial charge in [0.1, 0.15) is 5.01 Å². The van der Waals surface area contributed by atoms with Gasteiger partial charge in [0.05, 0.1) is 5.69 Å². The van der Waals surface area contributed by atoms with E-state index in [9.17, 15) is 0 Å². The summed E-state index contributed by atoms with van der Waals surface area (Å²) in [6, 6.07) is 1.59. The zero-order chi connectivity index (χ0) is 14.7. The predicted octanol–water partition coefficient (Wildman–Crippen LogP) is 2.31. The number of nitrogens with zero attached hydrogens (tertiary/aromatic N) is 3. The van der Waals surface area contributed by atoms with Crippen molar-refractivity contribution >= 4 is 11.3 Å². The Morgan fingerprint density at radius 3 is 3.05 bits per heavy atom. The van der Waals surface area contributed by atoms with Crippen LogP contribution in [0.5, 0.6) is 0 Å². The monoisotopic (exact) mass is 308 g/mol. The summed E-state index contributed by atoms with van der Waals surface area (Å²) in [6.45, 7) is 7.68. The quantitative estimate of drug-likeness (QED) is 0.817. The molecule has 5 heteroatoms. The number of thiazole rings is 1. The standard InChI is InChI=1S/C16H28N4S/c1-3-7-17-9-16-18-13(12-21-16)10-20-8-6-14-4-5-15(11-20)19(14)2/h12,14-15,17H,3-11H2,1-2H3. The van der Waals surface area contributed by atoms with Crippen molar-refractivity contribution in [1.29, 1.82) is 0 Å². The molecule has 0 saturated carbocycles. The average Bonchev–Trinajstić information content (AvgIpc) is 2.99. The highest BCUT2D eigenvalue weighted by atomic mass is 32.1. The SMILES string of the molecule is CCCNCc1nc(CN2CCC3CCC(C2)N3C)cs1. The van der Waals surface area contributed by atoms with E-state index < -0.39 is 0 Å². The molecule has 2 bridgehead atoms. The molecule has 3 heterocycles. The minimum atomic E-state index is 0.766. The lowest BCUT2D eigenvalue weighted by Crippen LogP contribution is -2.36. The van der Waals surface area contributed by atoms with Crippen LogP contribution in [0.15, 0.2) is 5.38 Å². The number of likely N-dealkylation sites (N-methyl/N-ethyl adjacent to an activating group) is 1. The number of nitrogens with one attached hydrogen (secondary N) is 1. The second-order valence-electron chi connectivity index (χ2n) is 6.48. The lowest BCUT2D eigenvalue weighted by Gasteiger charge is -2.25. The van der Waals surface area contributed by atoms with Crippen molar-refractivity contribution < 1.29 is 0 Å². The van der Waals surface area contributed by atoms with Gasteiger partial charge in [-0.1, -0.05) is 6.92 Å². The van der Waals surface area contributed by atoms with Crippen LogP contribution in [0.4, 0.5) is 0 Å². The van der Waals surface area contributed by atoms with Crippen molar-refractivity contribution in [3.63, 3.8) is 0 Å². The molecule has 0 aliphatic carbocycles. The molecule has 4 nitrogen and oxygen atoms in total. The first-order valence-corrected chi connectivity index (χ1v) is 9.22. The lowest BCUT2D eigenvalue weighted by atomic mass is 10.1. The van der Waals surface area contributed by atoms with Gasteiger partial charge in [-0.05, 0) is 39.3 Å². The van der Waals surface area contributed by atoms with E-state index in [0.717, 1.165) is 31.7 Å². The van der Waals surface area contributed by atoms with Gasteiger partial charge in [-0.3, -0.25) is 9.80 Å². The molecule has 21 heavy (non-hydrogen) atoms. The van der Waals surface area contributed by atoms with E-state index >= 15 is 0 Å². The Morgan fingerprint density at radius 2 is 2.19 bits per heavy atom. The van der Waals surface area contributed by atoms with Crippen LogP contribution in [0.2, 0.25) is 0 Å². The molecule has 1 N–H and O–H groups in total. The zero-order valence-electron chi connectivity index (χ0n) is 13.3. The third-order valence-electron chi connectivity index (χ3n) is 4.92. The highest BCUT2D eigenvalue weighted by Gasteiger charge is 2.34. The molecule has 1 aromatic heterocycles. The zero-order valence-corrected chi connectivity index (χ0v) is 14.2. The van der Waals surface area contributed by atoms with Crippen LogP contribution in [-0.4, -0.2) is 53.5 Å². The Kier molecular flexibility index (Phi) is 5.27. The second-order valence-corrected chi connectivity index (χ2v) is 7.43. The molecule has 1 aromatic rings. The number of hydrogen-bond donors (Lipinski definition) is 1. The molecule has 3 rings (SSSR count). The van der Waals surface area contributed by atoms with Gasteiger partial charge in [-0.15, -0.1) is 11.3 Å². The van der Waals surface area contributed by atoms with E-state index in [1.54, 1.807) is 11.3 Å². The van der Waals surface area contributed by atoms with Gasteiger partial charge >= 0.3 is 0 Å². The van der Waals surface area contributed by atoms with Crippen molar-refractivity contribution in [2.45, 2.75) is 57.8 Å². The molecular weight excluding hydrogens is 280 g/mol. The minimum Gasteiger partial charge on any atom is -0.310 e. The normalized spacial score (nSPS) is 27.1. The maximum Gasteiger partial charge on any atom is 0.107 e. The second kappa shape index (κ2) is 7.18. The molecule has 2 aliphatic rings. The minimum absolute atomic E-state index is 0.766. The molecule has 118 valence electrons. The Bertz CT molecular complexity index is 447. The predicted molar refractivity (Wildman–Crippen MR) is 88.6 cm³/mol. The van der Waals surface area contributed by atoms with Crippen LogP contribution in [0.25, 0.3) is 0 Å². The number of likely N-dealkylation sites (tertiary alicyclic amines) is 1. The molecule has 0 amide bonds. The summed E-state index contributed by atoms with van der Waals surface area (Å²) >= 11 is 1.80. The summed E-state index contributed by atoms with van der Waals surface area (Å²) in [6.07, 6.45) is 5.28. The van der Waals surface area contributed by atoms with Gasteiger partial charge in [0.15, 0.2) is 0 Å². The topological polar surface area (TPSA) is 31.4 Å². The highest BCUT2D eigenvalue weighted by molar-refractivity contribution is 7.09. The third-order valence-corrected chi connectivity index (χ3v) is 5.82. The summed E-state index contributed by atoms with van der Waals surface area (Å²) in [5, 5.41) is 6.91. The van der Waals surface area contributed by atoms with Crippen LogP contribution in [0, 0.1) is 0 Å². The van der Waals surface area contributed by atoms with Gasteiger partial charge in [0.2, 0.25) is 0 Å². The van der Waals surface area contributed by atoms with Crippen molar-refractivity contribution in [2.75, 3.05) is 26.7 Å². The summed E-state index contributed by atoms with van der Waals surface area (Å²) in [5.41, 5.74) is 1.26. The molecule has 0 radical (unpaired) electrons. The molecule has 0 spiro atoms. The van der Waals surface area contributed by atoms with Gasteiger partial charge < -0.3 is 5.32 Å². The Balaban J connectivity index is 1.52. The van der Waals surface area contributed by atoms with Crippen molar-refractivity contribution in [3.05, 3.63) is 16.1 Å². The molecule has 2 unspecified atom stereocenters. The third kappa shape index (κ3) is 3.83. The first kappa shape index (κ1) is 15.4. The van der Waals surface area contributed by atoms with E-state index in [1.807, 2.05) is 0 Å². The van der Waals surface area contributed by atoms with E-state index in [0.29, 0.717) is 0 Å². The number of hydrogen-bond acceptors (Lipinski definition) is 5. The van der Waals surface area contributed by atoms with Crippen LogP contribution >= 0.6 is 11.3 Å². The Morgan fingerprint density at radius 1 is 1.33 bits per heavy atom. The van der Waals surface area contributed by atoms with Gasteiger partial charge in [0.25, 0.3) is 0 Å². The summed E-state index contributed by atoms with van der Waals surface area (Å²) < 4.78 is 0. The average molecular weight is 308 g/mol. The van der Waals surface area contributed by atoms with Crippen LogP contribution < -0.4 is 5.32 Å². The molecule has 0 aromatic carbocycles. The molecule has 2 aliphatic heterocycles. The Hall–Kier alpha value is -0.490. The number of rotatable bonds is 6. The Labute approximate surface area is 132 Å². The fraction of sp³-hybridized carbons (Fsp3) is 0.812. The van der Waals surface area contributed by atoms with Crippen molar-refractivity contribution in [1.82, 2.24) is 20.1 Å². The molecule has 2 fully saturated rings. The number of fused-ring (bicyclic) bond motifs is 2. The van der Waals surface area contributed by atoms with E-state index in [-0.39, 0.29) is 0 Å². The lowest BCUT2D eigenvalue weighted by molar-refractivity contribution is 0.213. The van der Waals surface area contributed by atoms with E-state index in [2.05, 4.69) is 34.5 Å². The molecule has 2 saturated heterocycles. The largest absolute Gasteiger partial charge is 0.310 e. The first-order valence-electron chi connectivity index (χ1n) is 8.34.